The summed E-state index contributed by atoms with van der Waals surface area (Å²) in [6.07, 6.45) is 3.08. The average Bonchev–Trinajstić information content (AvgIpc) is 3.33. The minimum Gasteiger partial charge on any atom is -0.406 e. The third kappa shape index (κ3) is 5.55. The maximum Gasteiger partial charge on any atom is 0.573 e. The van der Waals surface area contributed by atoms with Gasteiger partial charge in [0.15, 0.2) is 0 Å². The minimum absolute atomic E-state index is 0.224. The van der Waals surface area contributed by atoms with Crippen molar-refractivity contribution in [3.63, 3.8) is 0 Å². The molecule has 0 unspecified atom stereocenters. The zero-order valence-electron chi connectivity index (χ0n) is 19.5. The number of hydrogen-bond donors (Lipinski definition) is 1. The van der Waals surface area contributed by atoms with E-state index in [1.54, 1.807) is 28.0 Å². The van der Waals surface area contributed by atoms with Crippen molar-refractivity contribution in [1.82, 2.24) is 19.5 Å². The Labute approximate surface area is 209 Å². The Morgan fingerprint density at radius 3 is 2.35 bits per heavy atom. The van der Waals surface area contributed by atoms with E-state index in [-0.39, 0.29) is 23.5 Å². The number of hydrogen-bond acceptors (Lipinski definition) is 5. The third-order valence-electron chi connectivity index (χ3n) is 6.33. The van der Waals surface area contributed by atoms with Crippen molar-refractivity contribution >= 4 is 23.0 Å². The molecule has 3 heterocycles. The molecule has 2 aromatic carbocycles. The molecule has 0 aliphatic carbocycles. The van der Waals surface area contributed by atoms with Crippen LogP contribution >= 0.6 is 0 Å². The molecule has 5 rings (SSSR count). The van der Waals surface area contributed by atoms with Crippen LogP contribution in [-0.4, -0.2) is 50.8 Å². The molecular weight excluding hydrogens is 487 g/mol. The lowest BCUT2D eigenvalue weighted by Crippen LogP contribution is -2.37. The summed E-state index contributed by atoms with van der Waals surface area (Å²) in [6.45, 7) is 1.07. The molecule has 190 valence electrons. The quantitative estimate of drug-likeness (QED) is 0.414. The van der Waals surface area contributed by atoms with Crippen LogP contribution in [0.5, 0.6) is 5.75 Å². The van der Waals surface area contributed by atoms with E-state index in [0.29, 0.717) is 35.4 Å². The Kier molecular flexibility index (Phi) is 6.51. The first-order chi connectivity index (χ1) is 17.8. The summed E-state index contributed by atoms with van der Waals surface area (Å²) in [7, 11) is 0. The van der Waals surface area contributed by atoms with Gasteiger partial charge in [0.2, 0.25) is 0 Å². The van der Waals surface area contributed by atoms with Gasteiger partial charge in [0.05, 0.1) is 23.5 Å². The van der Waals surface area contributed by atoms with Crippen molar-refractivity contribution < 1.29 is 27.5 Å². The van der Waals surface area contributed by atoms with E-state index in [4.69, 9.17) is 0 Å². The molecule has 2 aromatic heterocycles. The lowest BCUT2D eigenvalue weighted by molar-refractivity contribution is -0.274. The van der Waals surface area contributed by atoms with Gasteiger partial charge in [-0.05, 0) is 60.7 Å². The number of aromatic nitrogens is 3. The molecule has 1 saturated heterocycles. The van der Waals surface area contributed by atoms with Crippen LogP contribution in [0.1, 0.15) is 45.0 Å². The van der Waals surface area contributed by atoms with Crippen LogP contribution in [0.25, 0.3) is 5.52 Å². The average molecular weight is 509 g/mol. The Hall–Kier alpha value is -4.41. The van der Waals surface area contributed by atoms with Crippen LogP contribution in [0.3, 0.4) is 0 Å². The summed E-state index contributed by atoms with van der Waals surface area (Å²) in [4.78, 5) is 31.2. The minimum atomic E-state index is -4.77. The van der Waals surface area contributed by atoms with Crippen molar-refractivity contribution in [1.29, 1.82) is 0 Å². The molecule has 0 radical (unpaired) electrons. The first-order valence-corrected chi connectivity index (χ1v) is 11.6. The molecule has 8 nitrogen and oxygen atoms in total. The topological polar surface area (TPSA) is 88.8 Å². The number of nitrogens with zero attached hydrogens (tertiary/aromatic N) is 4. The summed E-state index contributed by atoms with van der Waals surface area (Å²) >= 11 is 0. The molecule has 0 atom stereocenters. The summed E-state index contributed by atoms with van der Waals surface area (Å²) in [5.74, 6) is -0.612. The lowest BCUT2D eigenvalue weighted by Gasteiger charge is -2.32. The van der Waals surface area contributed by atoms with Crippen molar-refractivity contribution in [3.05, 3.63) is 90.0 Å². The number of nitrogens with one attached hydrogen (secondary N) is 1. The van der Waals surface area contributed by atoms with Crippen LogP contribution in [0.15, 0.2) is 73.3 Å². The molecular formula is C26H22F3N5O3. The molecule has 1 fully saturated rings. The largest absolute Gasteiger partial charge is 0.573 e. The van der Waals surface area contributed by atoms with Gasteiger partial charge in [-0.2, -0.15) is 5.10 Å². The van der Waals surface area contributed by atoms with Gasteiger partial charge < -0.3 is 15.0 Å². The number of rotatable bonds is 5. The number of carbonyl (C=O) groups is 2. The maximum atomic E-state index is 12.8. The number of amides is 2. The van der Waals surface area contributed by atoms with Gasteiger partial charge in [-0.25, -0.2) is 4.52 Å². The number of carbonyl (C=O) groups excluding carboxylic acids is 2. The molecule has 1 N–H and O–H groups in total. The van der Waals surface area contributed by atoms with Gasteiger partial charge >= 0.3 is 6.36 Å². The van der Waals surface area contributed by atoms with Gasteiger partial charge in [0.25, 0.3) is 11.8 Å². The third-order valence-corrected chi connectivity index (χ3v) is 6.33. The highest BCUT2D eigenvalue weighted by Crippen LogP contribution is 2.30. The fourth-order valence-electron chi connectivity index (χ4n) is 4.44. The van der Waals surface area contributed by atoms with E-state index in [1.807, 2.05) is 24.3 Å². The zero-order valence-corrected chi connectivity index (χ0v) is 19.5. The molecule has 37 heavy (non-hydrogen) atoms. The Morgan fingerprint density at radius 1 is 0.973 bits per heavy atom. The molecule has 1 aliphatic rings. The Morgan fingerprint density at radius 2 is 1.68 bits per heavy atom. The second-order valence-electron chi connectivity index (χ2n) is 8.68. The van der Waals surface area contributed by atoms with Crippen LogP contribution in [-0.2, 0) is 0 Å². The fraction of sp³-hybridized carbons (Fsp3) is 0.231. The second kappa shape index (κ2) is 9.92. The molecule has 0 bridgehead atoms. The highest BCUT2D eigenvalue weighted by atomic mass is 19.4. The van der Waals surface area contributed by atoms with Crippen LogP contribution < -0.4 is 10.1 Å². The number of likely N-dealkylation sites (tertiary alicyclic amines) is 1. The zero-order chi connectivity index (χ0) is 26.0. The van der Waals surface area contributed by atoms with Crippen LogP contribution in [0.2, 0.25) is 0 Å². The first kappa shape index (κ1) is 24.3. The predicted octanol–water partition coefficient (Wildman–Crippen LogP) is 4.90. The molecule has 0 spiro atoms. The van der Waals surface area contributed by atoms with E-state index >= 15 is 0 Å². The smallest absolute Gasteiger partial charge is 0.406 e. The maximum absolute atomic E-state index is 12.8. The number of piperidine rings is 1. The van der Waals surface area contributed by atoms with Gasteiger partial charge in [-0.15, -0.1) is 13.2 Å². The van der Waals surface area contributed by atoms with Crippen molar-refractivity contribution in [2.24, 2.45) is 0 Å². The molecule has 2 amide bonds. The Bertz CT molecular complexity index is 1410. The van der Waals surface area contributed by atoms with E-state index in [2.05, 4.69) is 20.1 Å². The molecule has 4 aromatic rings. The monoisotopic (exact) mass is 509 g/mol. The molecule has 11 heteroatoms. The fourth-order valence-corrected chi connectivity index (χ4v) is 4.44. The molecule has 0 saturated carbocycles. The van der Waals surface area contributed by atoms with E-state index < -0.39 is 6.36 Å². The highest BCUT2D eigenvalue weighted by molar-refractivity contribution is 6.08. The number of halogens is 3. The summed E-state index contributed by atoms with van der Waals surface area (Å²) in [5, 5.41) is 7.03. The lowest BCUT2D eigenvalue weighted by atomic mass is 9.89. The number of alkyl halides is 3. The number of ether oxygens (including phenoxy) is 1. The number of benzene rings is 2. The van der Waals surface area contributed by atoms with Crippen LogP contribution in [0, 0.1) is 0 Å². The van der Waals surface area contributed by atoms with E-state index in [9.17, 15) is 22.8 Å². The predicted molar refractivity (Wildman–Crippen MR) is 128 cm³/mol. The SMILES string of the molecule is O=C(Nc1ccc(C2CCN(C(=O)c3ccc(OC(F)(F)F)cc3)CC2)cc1)c1cnn2ccncc12. The standard InChI is InChI=1S/C26H22F3N5O3/c27-26(28,29)37-21-7-3-19(4-8-21)25(36)33-12-9-18(10-13-33)17-1-5-20(6-2-17)32-24(35)22-15-31-34-14-11-30-16-23(22)34/h1-8,11,14-16,18H,9-10,12-13H2,(H,32,35). The summed E-state index contributed by atoms with van der Waals surface area (Å²) in [6, 6.07) is 12.6. The van der Waals surface area contributed by atoms with Gasteiger partial charge in [0, 0.05) is 36.7 Å². The second-order valence-corrected chi connectivity index (χ2v) is 8.68. The summed E-state index contributed by atoms with van der Waals surface area (Å²) in [5.41, 5.74) is 3.12. The van der Waals surface area contributed by atoms with Gasteiger partial charge in [-0.1, -0.05) is 12.1 Å². The van der Waals surface area contributed by atoms with Gasteiger partial charge in [-0.3, -0.25) is 14.6 Å². The van der Waals surface area contributed by atoms with Crippen molar-refractivity contribution in [2.75, 3.05) is 18.4 Å². The van der Waals surface area contributed by atoms with E-state index in [0.717, 1.165) is 30.5 Å². The van der Waals surface area contributed by atoms with Gasteiger partial charge in [0.1, 0.15) is 5.75 Å². The number of anilines is 1. The van der Waals surface area contributed by atoms with Crippen LogP contribution in [0.4, 0.5) is 18.9 Å². The van der Waals surface area contributed by atoms with Crippen molar-refractivity contribution in [2.45, 2.75) is 25.1 Å². The Balaban J connectivity index is 1.15. The van der Waals surface area contributed by atoms with E-state index in [1.165, 1.54) is 18.3 Å². The highest BCUT2D eigenvalue weighted by Gasteiger charge is 2.31. The molecule has 1 aliphatic heterocycles. The summed E-state index contributed by atoms with van der Waals surface area (Å²) < 4.78 is 42.4. The normalized spacial score (nSPS) is 14.5. The van der Waals surface area contributed by atoms with Crippen molar-refractivity contribution in [3.8, 4) is 5.75 Å². The number of fused-ring (bicyclic) bond motifs is 1. The first-order valence-electron chi connectivity index (χ1n) is 11.6.